The summed E-state index contributed by atoms with van der Waals surface area (Å²) in [6.45, 7) is 5.75. The molecular formula is C17H20N2O3S2. The number of rotatable bonds is 4. The summed E-state index contributed by atoms with van der Waals surface area (Å²) in [5.41, 5.74) is 1.79. The molecule has 0 aliphatic heterocycles. The van der Waals surface area contributed by atoms with Crippen molar-refractivity contribution in [3.8, 4) is 0 Å². The summed E-state index contributed by atoms with van der Waals surface area (Å²) < 4.78 is 0. The first kappa shape index (κ1) is 17.1. The minimum absolute atomic E-state index is 0.112. The molecule has 24 heavy (non-hydrogen) atoms. The number of aromatic nitrogens is 1. The Balaban J connectivity index is 1.73. The normalized spacial score (nSPS) is 18.0. The molecule has 2 unspecified atom stereocenters. The van der Waals surface area contributed by atoms with Crippen molar-refractivity contribution in [2.45, 2.75) is 46.1 Å². The van der Waals surface area contributed by atoms with Crippen LogP contribution in [0, 0.1) is 12.8 Å². The van der Waals surface area contributed by atoms with E-state index >= 15 is 0 Å². The van der Waals surface area contributed by atoms with E-state index in [1.807, 2.05) is 13.0 Å². The first-order valence-electron chi connectivity index (χ1n) is 7.98. The number of aryl methyl sites for hydroxylation is 2. The van der Waals surface area contributed by atoms with Gasteiger partial charge in [-0.05, 0) is 50.7 Å². The number of carboxylic acids is 1. The van der Waals surface area contributed by atoms with E-state index in [9.17, 15) is 9.59 Å². The van der Waals surface area contributed by atoms with E-state index < -0.39 is 5.97 Å². The second kappa shape index (κ2) is 6.64. The lowest BCUT2D eigenvalue weighted by Crippen LogP contribution is -2.25. The summed E-state index contributed by atoms with van der Waals surface area (Å²) in [5.74, 6) is -0.413. The number of carboxylic acid groups (broad SMARTS) is 1. The average Bonchev–Trinajstić information content (AvgIpc) is 3.10. The van der Waals surface area contributed by atoms with Crippen LogP contribution < -0.4 is 5.32 Å². The summed E-state index contributed by atoms with van der Waals surface area (Å²) >= 11 is 2.69. The lowest BCUT2D eigenvalue weighted by atomic mass is 9.90. The average molecular weight is 364 g/mol. The molecule has 0 bridgehead atoms. The minimum atomic E-state index is -0.977. The van der Waals surface area contributed by atoms with E-state index in [0.717, 1.165) is 29.1 Å². The summed E-state index contributed by atoms with van der Waals surface area (Å²) in [4.78, 5) is 30.2. The number of amides is 1. The Hall–Kier alpha value is -1.73. The standard InChI is InChI=1S/C17H20N2O3S2/c1-8-4-5-12-11(6-8)7-13(23-12)15(20)18-10(3)16-19-9(2)14(24-16)17(21)22/h7-8,10H,4-6H2,1-3H3,(H,18,20)(H,21,22). The Morgan fingerprint density at radius 2 is 2.17 bits per heavy atom. The first-order valence-corrected chi connectivity index (χ1v) is 9.61. The number of carbonyl (C=O) groups excluding carboxylic acids is 1. The van der Waals surface area contributed by atoms with Crippen LogP contribution in [0.3, 0.4) is 0 Å². The molecule has 128 valence electrons. The van der Waals surface area contributed by atoms with Crippen LogP contribution >= 0.6 is 22.7 Å². The Morgan fingerprint density at radius 1 is 1.42 bits per heavy atom. The van der Waals surface area contributed by atoms with Crippen molar-refractivity contribution < 1.29 is 14.7 Å². The van der Waals surface area contributed by atoms with E-state index in [2.05, 4.69) is 17.2 Å². The van der Waals surface area contributed by atoms with Crippen molar-refractivity contribution in [2.24, 2.45) is 5.92 Å². The van der Waals surface area contributed by atoms with Crippen molar-refractivity contribution in [1.82, 2.24) is 10.3 Å². The Morgan fingerprint density at radius 3 is 2.83 bits per heavy atom. The number of hydrogen-bond acceptors (Lipinski definition) is 5. The number of aromatic carboxylic acids is 1. The highest BCUT2D eigenvalue weighted by molar-refractivity contribution is 7.14. The van der Waals surface area contributed by atoms with Gasteiger partial charge in [-0.1, -0.05) is 6.92 Å². The molecular weight excluding hydrogens is 344 g/mol. The second-order valence-electron chi connectivity index (χ2n) is 6.37. The van der Waals surface area contributed by atoms with Crippen LogP contribution in [0.25, 0.3) is 0 Å². The van der Waals surface area contributed by atoms with Gasteiger partial charge < -0.3 is 10.4 Å². The van der Waals surface area contributed by atoms with Crippen LogP contribution in [-0.2, 0) is 12.8 Å². The number of nitrogens with zero attached hydrogens (tertiary/aromatic N) is 1. The van der Waals surface area contributed by atoms with Crippen molar-refractivity contribution in [2.75, 3.05) is 0 Å². The molecule has 0 aromatic carbocycles. The van der Waals surface area contributed by atoms with Gasteiger partial charge >= 0.3 is 5.97 Å². The largest absolute Gasteiger partial charge is 0.477 e. The molecule has 0 radical (unpaired) electrons. The lowest BCUT2D eigenvalue weighted by Gasteiger charge is -2.16. The van der Waals surface area contributed by atoms with Crippen LogP contribution in [0.1, 0.15) is 66.8 Å². The van der Waals surface area contributed by atoms with Gasteiger partial charge in [0.25, 0.3) is 5.91 Å². The topological polar surface area (TPSA) is 79.3 Å². The molecule has 3 rings (SSSR count). The molecule has 1 aliphatic rings. The molecule has 5 nitrogen and oxygen atoms in total. The van der Waals surface area contributed by atoms with Crippen LogP contribution in [-0.4, -0.2) is 22.0 Å². The SMILES string of the molecule is Cc1nc(C(C)NC(=O)c2cc3c(s2)CCC(C)C3)sc1C(=O)O. The van der Waals surface area contributed by atoms with E-state index in [-0.39, 0.29) is 16.8 Å². The summed E-state index contributed by atoms with van der Waals surface area (Å²) in [7, 11) is 0. The fourth-order valence-electron chi connectivity index (χ4n) is 2.95. The van der Waals surface area contributed by atoms with E-state index in [0.29, 0.717) is 16.6 Å². The quantitative estimate of drug-likeness (QED) is 0.864. The summed E-state index contributed by atoms with van der Waals surface area (Å²) in [6.07, 6.45) is 3.28. The molecule has 2 atom stereocenters. The fraction of sp³-hybridized carbons (Fsp3) is 0.471. The van der Waals surface area contributed by atoms with E-state index in [4.69, 9.17) is 5.11 Å². The number of nitrogens with one attached hydrogen (secondary N) is 1. The summed E-state index contributed by atoms with van der Waals surface area (Å²) in [6, 6.07) is 1.69. The molecule has 2 aromatic heterocycles. The highest BCUT2D eigenvalue weighted by Crippen LogP contribution is 2.32. The zero-order chi connectivity index (χ0) is 17.4. The van der Waals surface area contributed by atoms with Gasteiger partial charge in [0.05, 0.1) is 16.6 Å². The van der Waals surface area contributed by atoms with Gasteiger partial charge in [-0.3, -0.25) is 4.79 Å². The molecule has 2 heterocycles. The fourth-order valence-corrected chi connectivity index (χ4v) is 4.97. The van der Waals surface area contributed by atoms with Crippen molar-refractivity contribution in [3.63, 3.8) is 0 Å². The zero-order valence-electron chi connectivity index (χ0n) is 13.9. The van der Waals surface area contributed by atoms with Crippen LogP contribution in [0.5, 0.6) is 0 Å². The highest BCUT2D eigenvalue weighted by Gasteiger charge is 2.23. The van der Waals surface area contributed by atoms with E-state index in [1.54, 1.807) is 18.3 Å². The number of thiophene rings is 1. The third-order valence-electron chi connectivity index (χ3n) is 4.28. The highest BCUT2D eigenvalue weighted by atomic mass is 32.1. The number of thiazole rings is 1. The lowest BCUT2D eigenvalue weighted by molar-refractivity contribution is 0.0701. The van der Waals surface area contributed by atoms with Crippen LogP contribution in [0.2, 0.25) is 0 Å². The maximum absolute atomic E-state index is 12.5. The molecule has 2 N–H and O–H groups in total. The van der Waals surface area contributed by atoms with Crippen LogP contribution in [0.4, 0.5) is 0 Å². The monoisotopic (exact) mass is 364 g/mol. The molecule has 1 aliphatic carbocycles. The molecule has 7 heteroatoms. The Kier molecular flexibility index (Phi) is 4.73. The van der Waals surface area contributed by atoms with Gasteiger partial charge in [0.15, 0.2) is 0 Å². The molecule has 0 fully saturated rings. The van der Waals surface area contributed by atoms with Gasteiger partial charge in [-0.15, -0.1) is 22.7 Å². The number of carbonyl (C=O) groups is 2. The van der Waals surface area contributed by atoms with Crippen molar-refractivity contribution in [3.05, 3.63) is 37.0 Å². The maximum atomic E-state index is 12.5. The second-order valence-corrected chi connectivity index (χ2v) is 8.54. The third-order valence-corrected chi connectivity index (χ3v) is 6.84. The summed E-state index contributed by atoms with van der Waals surface area (Å²) in [5, 5.41) is 12.7. The Bertz CT molecular complexity index is 794. The van der Waals surface area contributed by atoms with Crippen molar-refractivity contribution in [1.29, 1.82) is 0 Å². The molecule has 2 aromatic rings. The molecule has 0 saturated heterocycles. The van der Waals surface area contributed by atoms with E-state index in [1.165, 1.54) is 16.9 Å². The van der Waals surface area contributed by atoms with Gasteiger partial charge in [-0.2, -0.15) is 0 Å². The van der Waals surface area contributed by atoms with Crippen LogP contribution in [0.15, 0.2) is 6.07 Å². The Labute approximate surface area is 148 Å². The van der Waals surface area contributed by atoms with Crippen molar-refractivity contribution >= 4 is 34.6 Å². The predicted octanol–water partition coefficient (Wildman–Crippen LogP) is 3.83. The molecule has 1 amide bonds. The number of hydrogen-bond donors (Lipinski definition) is 2. The maximum Gasteiger partial charge on any atom is 0.347 e. The van der Waals surface area contributed by atoms with Gasteiger partial charge in [0, 0.05) is 4.88 Å². The molecule has 0 spiro atoms. The third kappa shape index (κ3) is 3.37. The number of fused-ring (bicyclic) bond motifs is 1. The first-order chi connectivity index (χ1) is 11.3. The van der Waals surface area contributed by atoms with Gasteiger partial charge in [0.1, 0.15) is 9.88 Å². The predicted molar refractivity (Wildman–Crippen MR) is 95.2 cm³/mol. The zero-order valence-corrected chi connectivity index (χ0v) is 15.5. The minimum Gasteiger partial charge on any atom is -0.477 e. The molecule has 0 saturated carbocycles. The van der Waals surface area contributed by atoms with Gasteiger partial charge in [-0.25, -0.2) is 9.78 Å². The smallest absolute Gasteiger partial charge is 0.347 e. The van der Waals surface area contributed by atoms with Gasteiger partial charge in [0.2, 0.25) is 0 Å².